The van der Waals surface area contributed by atoms with Crippen molar-refractivity contribution in [2.45, 2.75) is 13.3 Å². The van der Waals surface area contributed by atoms with E-state index in [1.54, 1.807) is 0 Å². The molecule has 30 heavy (non-hydrogen) atoms. The van der Waals surface area contributed by atoms with Crippen LogP contribution >= 0.6 is 0 Å². The molecular formula is C22H28N4O4. The van der Waals surface area contributed by atoms with E-state index in [-0.39, 0.29) is 18.2 Å². The van der Waals surface area contributed by atoms with E-state index in [9.17, 15) is 9.59 Å². The van der Waals surface area contributed by atoms with Gasteiger partial charge in [0.05, 0.1) is 31.9 Å². The van der Waals surface area contributed by atoms with Crippen molar-refractivity contribution in [2.24, 2.45) is 0 Å². The summed E-state index contributed by atoms with van der Waals surface area (Å²) in [6.45, 7) is 7.46. The third kappa shape index (κ3) is 4.88. The van der Waals surface area contributed by atoms with Gasteiger partial charge in [0.15, 0.2) is 0 Å². The van der Waals surface area contributed by atoms with Crippen LogP contribution in [0.25, 0.3) is 11.5 Å². The van der Waals surface area contributed by atoms with Gasteiger partial charge in [0.1, 0.15) is 5.76 Å². The molecule has 2 aliphatic heterocycles. The molecule has 8 heteroatoms. The van der Waals surface area contributed by atoms with Gasteiger partial charge >= 0.3 is 0 Å². The molecule has 0 bridgehead atoms. The lowest BCUT2D eigenvalue weighted by atomic mass is 10.2. The van der Waals surface area contributed by atoms with E-state index in [2.05, 4.69) is 9.88 Å². The van der Waals surface area contributed by atoms with Crippen molar-refractivity contribution in [1.29, 1.82) is 0 Å². The van der Waals surface area contributed by atoms with Gasteiger partial charge in [-0.25, -0.2) is 4.98 Å². The minimum Gasteiger partial charge on any atom is -0.441 e. The molecule has 1 aromatic heterocycles. The topological polar surface area (TPSA) is 79.1 Å². The Hall–Kier alpha value is -2.71. The molecule has 0 N–H and O–H groups in total. The lowest BCUT2D eigenvalue weighted by molar-refractivity contribution is -0.137. The van der Waals surface area contributed by atoms with Crippen LogP contribution in [0.1, 0.15) is 11.5 Å². The average molecular weight is 412 g/mol. The number of aryl methyl sites for hydroxylation is 1. The van der Waals surface area contributed by atoms with Crippen molar-refractivity contribution >= 4 is 11.8 Å². The Labute approximate surface area is 176 Å². The lowest BCUT2D eigenvalue weighted by Crippen LogP contribution is -2.52. The number of amides is 2. The van der Waals surface area contributed by atoms with Gasteiger partial charge in [0.25, 0.3) is 0 Å². The van der Waals surface area contributed by atoms with Gasteiger partial charge in [0, 0.05) is 44.8 Å². The first kappa shape index (κ1) is 20.6. The van der Waals surface area contributed by atoms with Crippen LogP contribution in [0.5, 0.6) is 0 Å². The Kier molecular flexibility index (Phi) is 6.44. The summed E-state index contributed by atoms with van der Waals surface area (Å²) in [5.41, 5.74) is 1.58. The Morgan fingerprint density at radius 3 is 2.30 bits per heavy atom. The summed E-state index contributed by atoms with van der Waals surface area (Å²) >= 11 is 0. The van der Waals surface area contributed by atoms with Crippen LogP contribution in [0.3, 0.4) is 0 Å². The van der Waals surface area contributed by atoms with E-state index in [0.29, 0.717) is 76.4 Å². The molecule has 2 amide bonds. The fourth-order valence-corrected chi connectivity index (χ4v) is 3.81. The summed E-state index contributed by atoms with van der Waals surface area (Å²) in [5.74, 6) is 1.41. The third-order valence-corrected chi connectivity index (χ3v) is 5.68. The lowest BCUT2D eigenvalue weighted by Gasteiger charge is -2.36. The highest BCUT2D eigenvalue weighted by Crippen LogP contribution is 2.22. The first-order valence-corrected chi connectivity index (χ1v) is 10.5. The van der Waals surface area contributed by atoms with Gasteiger partial charge in [-0.1, -0.05) is 18.2 Å². The van der Waals surface area contributed by atoms with Gasteiger partial charge in [-0.05, 0) is 19.1 Å². The Morgan fingerprint density at radius 1 is 0.933 bits per heavy atom. The number of ether oxygens (including phenoxy) is 1. The minimum absolute atomic E-state index is 0.0465. The standard InChI is InChI=1S/C22H28N4O4/c1-17-19(23-22(30-17)18-5-3-2-4-6-18)15-20(27)25-9-7-24(8-10-25)16-21(28)26-11-13-29-14-12-26/h2-6H,7-16H2,1H3. The molecule has 8 nitrogen and oxygen atoms in total. The Balaban J connectivity index is 1.27. The molecule has 2 aromatic rings. The number of oxazole rings is 1. The highest BCUT2D eigenvalue weighted by atomic mass is 16.5. The number of rotatable bonds is 5. The van der Waals surface area contributed by atoms with Crippen LogP contribution in [-0.2, 0) is 20.7 Å². The van der Waals surface area contributed by atoms with E-state index in [1.165, 1.54) is 0 Å². The van der Waals surface area contributed by atoms with Crippen LogP contribution in [0.4, 0.5) is 0 Å². The van der Waals surface area contributed by atoms with Crippen LogP contribution in [-0.4, -0.2) is 90.5 Å². The van der Waals surface area contributed by atoms with Crippen LogP contribution < -0.4 is 0 Å². The highest BCUT2D eigenvalue weighted by Gasteiger charge is 2.26. The third-order valence-electron chi connectivity index (χ3n) is 5.68. The second-order valence-corrected chi connectivity index (χ2v) is 7.71. The van der Waals surface area contributed by atoms with Crippen molar-refractivity contribution in [1.82, 2.24) is 19.7 Å². The quantitative estimate of drug-likeness (QED) is 0.734. The van der Waals surface area contributed by atoms with Crippen molar-refractivity contribution in [3.05, 3.63) is 41.8 Å². The monoisotopic (exact) mass is 412 g/mol. The van der Waals surface area contributed by atoms with Gasteiger partial charge in [-0.3, -0.25) is 14.5 Å². The molecule has 0 unspecified atom stereocenters. The van der Waals surface area contributed by atoms with E-state index < -0.39 is 0 Å². The van der Waals surface area contributed by atoms with E-state index in [1.807, 2.05) is 47.1 Å². The van der Waals surface area contributed by atoms with Crippen molar-refractivity contribution in [3.8, 4) is 11.5 Å². The summed E-state index contributed by atoms with van der Waals surface area (Å²) in [7, 11) is 0. The van der Waals surface area contributed by atoms with Gasteiger partial charge < -0.3 is 19.0 Å². The number of morpholine rings is 1. The van der Waals surface area contributed by atoms with Crippen LogP contribution in [0.15, 0.2) is 34.7 Å². The highest BCUT2D eigenvalue weighted by molar-refractivity contribution is 5.79. The van der Waals surface area contributed by atoms with Crippen molar-refractivity contribution in [2.75, 3.05) is 59.0 Å². The fraction of sp³-hybridized carbons (Fsp3) is 0.500. The summed E-state index contributed by atoms with van der Waals surface area (Å²) in [5, 5.41) is 0. The number of benzene rings is 1. The molecule has 4 rings (SSSR count). The van der Waals surface area contributed by atoms with E-state index >= 15 is 0 Å². The molecule has 0 radical (unpaired) electrons. The molecular weight excluding hydrogens is 384 g/mol. The van der Waals surface area contributed by atoms with E-state index in [4.69, 9.17) is 9.15 Å². The van der Waals surface area contributed by atoms with Gasteiger partial charge in [-0.15, -0.1) is 0 Å². The molecule has 160 valence electrons. The second-order valence-electron chi connectivity index (χ2n) is 7.71. The molecule has 2 saturated heterocycles. The molecule has 0 atom stereocenters. The SMILES string of the molecule is Cc1oc(-c2ccccc2)nc1CC(=O)N1CCN(CC(=O)N2CCOCC2)CC1. The Bertz CT molecular complexity index is 869. The number of nitrogens with zero attached hydrogens (tertiary/aromatic N) is 4. The summed E-state index contributed by atoms with van der Waals surface area (Å²) < 4.78 is 11.1. The Morgan fingerprint density at radius 2 is 1.60 bits per heavy atom. The minimum atomic E-state index is 0.0465. The maximum absolute atomic E-state index is 12.8. The predicted octanol–water partition coefficient (Wildman–Crippen LogP) is 1.20. The first-order chi connectivity index (χ1) is 14.6. The van der Waals surface area contributed by atoms with E-state index in [0.717, 1.165) is 5.56 Å². The largest absolute Gasteiger partial charge is 0.441 e. The molecule has 3 heterocycles. The molecule has 0 aliphatic carbocycles. The second kappa shape index (κ2) is 9.40. The zero-order valence-corrected chi connectivity index (χ0v) is 17.4. The normalized spacial score (nSPS) is 17.9. The molecule has 2 aliphatic rings. The first-order valence-electron chi connectivity index (χ1n) is 10.5. The molecule has 0 saturated carbocycles. The number of carbonyl (C=O) groups is 2. The van der Waals surface area contributed by atoms with Crippen molar-refractivity contribution in [3.63, 3.8) is 0 Å². The maximum Gasteiger partial charge on any atom is 0.236 e. The van der Waals surface area contributed by atoms with Crippen LogP contribution in [0, 0.1) is 6.92 Å². The van der Waals surface area contributed by atoms with Gasteiger partial charge in [-0.2, -0.15) is 0 Å². The number of piperazine rings is 1. The smallest absolute Gasteiger partial charge is 0.236 e. The molecule has 0 spiro atoms. The van der Waals surface area contributed by atoms with Gasteiger partial charge in [0.2, 0.25) is 17.7 Å². The molecule has 1 aromatic carbocycles. The summed E-state index contributed by atoms with van der Waals surface area (Å²) in [6.07, 6.45) is 0.231. The molecule has 2 fully saturated rings. The summed E-state index contributed by atoms with van der Waals surface area (Å²) in [4.78, 5) is 35.6. The number of hydrogen-bond donors (Lipinski definition) is 0. The number of carbonyl (C=O) groups excluding carboxylic acids is 2. The fourth-order valence-electron chi connectivity index (χ4n) is 3.81. The van der Waals surface area contributed by atoms with Crippen LogP contribution in [0.2, 0.25) is 0 Å². The zero-order chi connectivity index (χ0) is 20.9. The maximum atomic E-state index is 12.8. The summed E-state index contributed by atoms with van der Waals surface area (Å²) in [6, 6.07) is 9.69. The number of aromatic nitrogens is 1. The predicted molar refractivity (Wildman–Crippen MR) is 111 cm³/mol. The average Bonchev–Trinajstić information content (AvgIpc) is 3.15. The zero-order valence-electron chi connectivity index (χ0n) is 17.4. The number of hydrogen-bond acceptors (Lipinski definition) is 6. The van der Waals surface area contributed by atoms with Crippen molar-refractivity contribution < 1.29 is 18.7 Å².